The molecule has 190 valence electrons. The number of hydrogen-bond acceptors (Lipinski definition) is 7. The molecule has 0 spiro atoms. The number of aliphatic hydroxyl groups is 3. The number of ketones is 1. The summed E-state index contributed by atoms with van der Waals surface area (Å²) in [5.74, 6) is -3.33. The third-order valence-corrected chi connectivity index (χ3v) is 6.23. The molecule has 35 heavy (non-hydrogen) atoms. The van der Waals surface area contributed by atoms with Crippen LogP contribution in [-0.4, -0.2) is 79.5 Å². The highest BCUT2D eigenvalue weighted by molar-refractivity contribution is 5.96. The summed E-state index contributed by atoms with van der Waals surface area (Å²) in [5.41, 5.74) is 1.76. The van der Waals surface area contributed by atoms with Crippen LogP contribution in [0, 0.1) is 0 Å². The van der Waals surface area contributed by atoms with Crippen LogP contribution in [0.5, 0.6) is 0 Å². The number of carbonyl (C=O) groups excluding carboxylic acids is 1. The molecule has 0 aromatic heterocycles. The summed E-state index contributed by atoms with van der Waals surface area (Å²) in [4.78, 5) is 34.4. The molecule has 1 fully saturated rings. The largest absolute Gasteiger partial charge is 0.479 e. The molecule has 1 saturated heterocycles. The quantitative estimate of drug-likeness (QED) is 0.334. The molecule has 2 aromatic carbocycles. The predicted octanol–water partition coefficient (Wildman–Crippen LogP) is 2.11. The second-order valence-corrected chi connectivity index (χ2v) is 8.63. The fourth-order valence-corrected chi connectivity index (χ4v) is 4.12. The summed E-state index contributed by atoms with van der Waals surface area (Å²) in [6.45, 7) is 0. The summed E-state index contributed by atoms with van der Waals surface area (Å²) < 4.78 is 0. The van der Waals surface area contributed by atoms with Gasteiger partial charge in [0.25, 0.3) is 0 Å². The van der Waals surface area contributed by atoms with Crippen molar-refractivity contribution in [1.29, 1.82) is 0 Å². The number of hydrogen-bond donors (Lipinski definition) is 5. The fourth-order valence-electron chi connectivity index (χ4n) is 4.12. The van der Waals surface area contributed by atoms with Crippen molar-refractivity contribution >= 4 is 17.7 Å². The number of rotatable bonds is 9. The molecule has 1 heterocycles. The molecule has 0 saturated carbocycles. The zero-order chi connectivity index (χ0) is 26.0. The maximum Gasteiger partial charge on any atom is 0.335 e. The smallest absolute Gasteiger partial charge is 0.335 e. The fraction of sp³-hybridized carbons (Fsp3) is 0.423. The third kappa shape index (κ3) is 8.56. The summed E-state index contributed by atoms with van der Waals surface area (Å²) in [5, 5.41) is 43.1. The van der Waals surface area contributed by atoms with Crippen molar-refractivity contribution in [2.24, 2.45) is 0 Å². The lowest BCUT2D eigenvalue weighted by Gasteiger charge is -2.40. The Hall–Kier alpha value is -3.11. The van der Waals surface area contributed by atoms with Gasteiger partial charge in [-0.15, -0.1) is 0 Å². The van der Waals surface area contributed by atoms with Crippen molar-refractivity contribution < 1.29 is 39.9 Å². The summed E-state index contributed by atoms with van der Waals surface area (Å²) in [6.07, 6.45) is -0.464. The van der Waals surface area contributed by atoms with E-state index in [1.165, 1.54) is 0 Å². The standard InChI is InChI=1S/C22H27NO2.C4H6O6/c1-23-19(15-21(24)17-9-4-2-5-10-17)13-8-14-20(23)16-22(25)18-11-6-3-7-12-18;5-1(3(7)8)2(6)4(9)10/h2-7,9-12,19-21,24H,8,13-16H2,1H3;1-2,5-6H,(H,7,8)(H,9,10). The van der Waals surface area contributed by atoms with E-state index >= 15 is 0 Å². The summed E-state index contributed by atoms with van der Waals surface area (Å²) in [7, 11) is 2.10. The lowest BCUT2D eigenvalue weighted by molar-refractivity contribution is -0.165. The molecule has 3 rings (SSSR count). The number of Topliss-reactive ketones (excluding diaryl/α,β-unsaturated/α-hetero) is 1. The molecule has 0 radical (unpaired) electrons. The number of carboxylic acid groups (broad SMARTS) is 2. The number of aliphatic hydroxyl groups excluding tert-OH is 3. The van der Waals surface area contributed by atoms with Gasteiger partial charge in [0.2, 0.25) is 0 Å². The molecule has 0 amide bonds. The van der Waals surface area contributed by atoms with Gasteiger partial charge in [0, 0.05) is 24.1 Å². The van der Waals surface area contributed by atoms with Crippen LogP contribution in [0.1, 0.15) is 54.1 Å². The Morgan fingerprint density at radius 3 is 1.83 bits per heavy atom. The van der Waals surface area contributed by atoms with Crippen LogP contribution in [0.4, 0.5) is 0 Å². The average molecular weight is 488 g/mol. The highest BCUT2D eigenvalue weighted by Gasteiger charge is 2.31. The minimum Gasteiger partial charge on any atom is -0.479 e. The van der Waals surface area contributed by atoms with Crippen LogP contribution in [-0.2, 0) is 9.59 Å². The second kappa shape index (κ2) is 13.7. The Labute approximate surface area is 204 Å². The van der Waals surface area contributed by atoms with E-state index < -0.39 is 30.3 Å². The first-order valence-corrected chi connectivity index (χ1v) is 11.5. The van der Waals surface area contributed by atoms with Crippen molar-refractivity contribution in [3.8, 4) is 0 Å². The molecular formula is C26H33NO8. The number of benzene rings is 2. The van der Waals surface area contributed by atoms with Crippen molar-refractivity contribution in [3.63, 3.8) is 0 Å². The SMILES string of the molecule is CN1C(CC(=O)c2ccccc2)CCCC1CC(O)c1ccccc1.O=C(O)C(O)C(O)C(=O)O. The van der Waals surface area contributed by atoms with Crippen LogP contribution >= 0.6 is 0 Å². The van der Waals surface area contributed by atoms with Gasteiger partial charge >= 0.3 is 11.9 Å². The van der Waals surface area contributed by atoms with Gasteiger partial charge in [0.15, 0.2) is 18.0 Å². The van der Waals surface area contributed by atoms with Crippen molar-refractivity contribution in [2.45, 2.75) is 62.5 Å². The van der Waals surface area contributed by atoms with Gasteiger partial charge in [-0.2, -0.15) is 0 Å². The topological polar surface area (TPSA) is 156 Å². The van der Waals surface area contributed by atoms with Crippen LogP contribution in [0.25, 0.3) is 0 Å². The molecule has 9 nitrogen and oxygen atoms in total. The van der Waals surface area contributed by atoms with Gasteiger partial charge < -0.3 is 25.5 Å². The number of carboxylic acids is 2. The van der Waals surface area contributed by atoms with E-state index in [0.29, 0.717) is 12.5 Å². The highest BCUT2D eigenvalue weighted by atomic mass is 16.4. The lowest BCUT2D eigenvalue weighted by Crippen LogP contribution is -2.45. The van der Waals surface area contributed by atoms with E-state index in [2.05, 4.69) is 11.9 Å². The molecule has 5 unspecified atom stereocenters. The van der Waals surface area contributed by atoms with E-state index in [1.54, 1.807) is 0 Å². The summed E-state index contributed by atoms with van der Waals surface area (Å²) in [6, 6.07) is 20.0. The van der Waals surface area contributed by atoms with E-state index in [1.807, 2.05) is 60.7 Å². The number of likely N-dealkylation sites (tertiary alicyclic amines) is 1. The Morgan fingerprint density at radius 2 is 1.31 bits per heavy atom. The molecule has 5 N–H and O–H groups in total. The molecular weight excluding hydrogens is 454 g/mol. The normalized spacial score (nSPS) is 20.6. The maximum atomic E-state index is 12.5. The Kier molecular flexibility index (Phi) is 11.0. The number of aliphatic carboxylic acids is 2. The first-order valence-electron chi connectivity index (χ1n) is 11.5. The molecule has 1 aliphatic rings. The van der Waals surface area contributed by atoms with Gasteiger partial charge in [-0.05, 0) is 31.9 Å². The minimum atomic E-state index is -2.27. The van der Waals surface area contributed by atoms with Crippen molar-refractivity contribution in [2.75, 3.05) is 7.05 Å². The Balaban J connectivity index is 0.000000367. The molecule has 1 aliphatic heterocycles. The average Bonchev–Trinajstić information content (AvgIpc) is 2.86. The van der Waals surface area contributed by atoms with E-state index in [9.17, 15) is 19.5 Å². The molecule has 0 aliphatic carbocycles. The number of carbonyl (C=O) groups is 3. The first-order chi connectivity index (χ1) is 16.6. The summed E-state index contributed by atoms with van der Waals surface area (Å²) >= 11 is 0. The van der Waals surface area contributed by atoms with Gasteiger partial charge in [-0.25, -0.2) is 9.59 Å². The first kappa shape index (κ1) is 28.1. The third-order valence-electron chi connectivity index (χ3n) is 6.23. The molecule has 9 heteroatoms. The van der Waals surface area contributed by atoms with Crippen LogP contribution < -0.4 is 0 Å². The van der Waals surface area contributed by atoms with E-state index in [0.717, 1.165) is 36.8 Å². The van der Waals surface area contributed by atoms with Gasteiger partial charge in [0.05, 0.1) is 6.10 Å². The predicted molar refractivity (Wildman–Crippen MR) is 128 cm³/mol. The van der Waals surface area contributed by atoms with Crippen molar-refractivity contribution in [3.05, 3.63) is 71.8 Å². The second-order valence-electron chi connectivity index (χ2n) is 8.63. The van der Waals surface area contributed by atoms with Crippen molar-refractivity contribution in [1.82, 2.24) is 4.90 Å². The number of nitrogens with zero attached hydrogens (tertiary/aromatic N) is 1. The Morgan fingerprint density at radius 1 is 0.829 bits per heavy atom. The van der Waals surface area contributed by atoms with Crippen LogP contribution in [0.3, 0.4) is 0 Å². The molecule has 5 atom stereocenters. The van der Waals surface area contributed by atoms with Crippen LogP contribution in [0.2, 0.25) is 0 Å². The monoisotopic (exact) mass is 487 g/mol. The van der Waals surface area contributed by atoms with E-state index in [-0.39, 0.29) is 11.8 Å². The van der Waals surface area contributed by atoms with Crippen LogP contribution in [0.15, 0.2) is 60.7 Å². The van der Waals surface area contributed by atoms with Gasteiger partial charge in [-0.1, -0.05) is 67.1 Å². The Bertz CT molecular complexity index is 934. The van der Waals surface area contributed by atoms with Gasteiger partial charge in [-0.3, -0.25) is 9.69 Å². The van der Waals surface area contributed by atoms with Gasteiger partial charge in [0.1, 0.15) is 0 Å². The minimum absolute atomic E-state index is 0.210. The lowest BCUT2D eigenvalue weighted by atomic mass is 9.88. The molecule has 2 aromatic rings. The zero-order valence-corrected chi connectivity index (χ0v) is 19.6. The number of piperidine rings is 1. The molecule has 0 bridgehead atoms. The van der Waals surface area contributed by atoms with E-state index in [4.69, 9.17) is 20.4 Å². The zero-order valence-electron chi connectivity index (χ0n) is 19.6. The maximum absolute atomic E-state index is 12.5. The highest BCUT2D eigenvalue weighted by Crippen LogP contribution is 2.30.